The van der Waals surface area contributed by atoms with Gasteiger partial charge >= 0.3 is 0 Å². The summed E-state index contributed by atoms with van der Waals surface area (Å²) in [5, 5.41) is 8.31. The minimum atomic E-state index is 0.383. The molecule has 0 bridgehead atoms. The molecule has 0 aliphatic heterocycles. The molecule has 0 saturated heterocycles. The number of nitrogens with zero attached hydrogens (tertiary/aromatic N) is 2. The monoisotopic (exact) mass is 334 g/mol. The van der Waals surface area contributed by atoms with Crippen LogP contribution in [0.3, 0.4) is 0 Å². The Balaban J connectivity index is 1.94. The lowest BCUT2D eigenvalue weighted by atomic mass is 10.2. The van der Waals surface area contributed by atoms with Gasteiger partial charge < -0.3 is 13.9 Å². The van der Waals surface area contributed by atoms with E-state index in [1.165, 1.54) is 0 Å². The molecule has 2 aromatic carbocycles. The molecular formula is C20H18N2O3. The molecule has 1 heterocycles. The highest BCUT2D eigenvalue weighted by molar-refractivity contribution is 5.66. The number of aromatic nitrogens is 2. The molecule has 25 heavy (non-hydrogen) atoms. The van der Waals surface area contributed by atoms with Crippen molar-refractivity contribution in [3.63, 3.8) is 0 Å². The molecule has 126 valence electrons. The molecule has 0 N–H and O–H groups in total. The van der Waals surface area contributed by atoms with Gasteiger partial charge in [-0.15, -0.1) is 10.2 Å². The highest BCUT2D eigenvalue weighted by Gasteiger charge is 2.16. The summed E-state index contributed by atoms with van der Waals surface area (Å²) in [7, 11) is 0. The first-order chi connectivity index (χ1) is 12.3. The fourth-order valence-electron chi connectivity index (χ4n) is 2.28. The van der Waals surface area contributed by atoms with Crippen LogP contribution >= 0.6 is 0 Å². The van der Waals surface area contributed by atoms with Crippen molar-refractivity contribution in [3.05, 3.63) is 73.8 Å². The Hall–Kier alpha value is -3.34. The third kappa shape index (κ3) is 3.77. The molecule has 3 aromatic rings. The Kier molecular flexibility index (Phi) is 5.26. The molecular weight excluding hydrogens is 316 g/mol. The summed E-state index contributed by atoms with van der Waals surface area (Å²) < 4.78 is 17.2. The smallest absolute Gasteiger partial charge is 0.251 e. The lowest BCUT2D eigenvalue weighted by Crippen LogP contribution is -1.95. The lowest BCUT2D eigenvalue weighted by molar-refractivity contribution is 0.362. The molecule has 0 radical (unpaired) electrons. The van der Waals surface area contributed by atoms with E-state index in [0.29, 0.717) is 36.5 Å². The highest BCUT2D eigenvalue weighted by atomic mass is 16.5. The largest absolute Gasteiger partial charge is 0.489 e. The molecule has 0 fully saturated rings. The van der Waals surface area contributed by atoms with Gasteiger partial charge in [0, 0.05) is 0 Å². The average Bonchev–Trinajstić information content (AvgIpc) is 3.15. The quantitative estimate of drug-likeness (QED) is 0.566. The van der Waals surface area contributed by atoms with Crippen molar-refractivity contribution in [1.82, 2.24) is 10.2 Å². The van der Waals surface area contributed by atoms with Gasteiger partial charge in [-0.2, -0.15) is 0 Å². The van der Waals surface area contributed by atoms with E-state index >= 15 is 0 Å². The molecule has 5 heteroatoms. The second-order valence-corrected chi connectivity index (χ2v) is 5.10. The minimum Gasteiger partial charge on any atom is -0.489 e. The SMILES string of the molecule is C=CCOc1ccccc1-c1nnc(-c2ccccc2OCC=C)o1. The molecule has 3 rings (SSSR count). The van der Waals surface area contributed by atoms with E-state index < -0.39 is 0 Å². The van der Waals surface area contributed by atoms with Gasteiger partial charge in [0.2, 0.25) is 0 Å². The predicted octanol–water partition coefficient (Wildman–Crippen LogP) is 4.53. The first kappa shape index (κ1) is 16.5. The van der Waals surface area contributed by atoms with Crippen molar-refractivity contribution < 1.29 is 13.9 Å². The van der Waals surface area contributed by atoms with E-state index in [1.807, 2.05) is 48.5 Å². The zero-order chi connectivity index (χ0) is 17.5. The van der Waals surface area contributed by atoms with Crippen molar-refractivity contribution in [1.29, 1.82) is 0 Å². The summed E-state index contributed by atoms with van der Waals surface area (Å²) in [6.07, 6.45) is 3.37. The van der Waals surface area contributed by atoms with Gasteiger partial charge in [-0.05, 0) is 24.3 Å². The maximum Gasteiger partial charge on any atom is 0.251 e. The minimum absolute atomic E-state index is 0.383. The Morgan fingerprint density at radius 3 is 1.64 bits per heavy atom. The number of ether oxygens (including phenoxy) is 2. The summed E-state index contributed by atoms with van der Waals surface area (Å²) >= 11 is 0. The molecule has 0 amide bonds. The standard InChI is InChI=1S/C20H18N2O3/c1-3-13-23-17-11-7-5-9-15(17)19-21-22-20(25-19)16-10-6-8-12-18(16)24-14-4-2/h3-12H,1-2,13-14H2. The van der Waals surface area contributed by atoms with Gasteiger partial charge in [0.1, 0.15) is 24.7 Å². The molecule has 5 nitrogen and oxygen atoms in total. The topological polar surface area (TPSA) is 57.4 Å². The number of para-hydroxylation sites is 2. The number of hydrogen-bond donors (Lipinski definition) is 0. The van der Waals surface area contributed by atoms with Gasteiger partial charge in [-0.3, -0.25) is 0 Å². The van der Waals surface area contributed by atoms with Crippen molar-refractivity contribution in [2.24, 2.45) is 0 Å². The van der Waals surface area contributed by atoms with Crippen LogP contribution < -0.4 is 9.47 Å². The van der Waals surface area contributed by atoms with E-state index in [2.05, 4.69) is 23.4 Å². The van der Waals surface area contributed by atoms with Crippen molar-refractivity contribution >= 4 is 0 Å². The van der Waals surface area contributed by atoms with Crippen LogP contribution in [0, 0.1) is 0 Å². The van der Waals surface area contributed by atoms with Gasteiger partial charge in [0.15, 0.2) is 0 Å². The van der Waals surface area contributed by atoms with Crippen LogP contribution in [0.5, 0.6) is 11.5 Å². The molecule has 0 aliphatic rings. The van der Waals surface area contributed by atoms with Gasteiger partial charge in [-0.25, -0.2) is 0 Å². The highest BCUT2D eigenvalue weighted by Crippen LogP contribution is 2.34. The van der Waals surface area contributed by atoms with E-state index in [4.69, 9.17) is 13.9 Å². The number of hydrogen-bond acceptors (Lipinski definition) is 5. The van der Waals surface area contributed by atoms with E-state index in [1.54, 1.807) is 12.2 Å². The molecule has 0 unspecified atom stereocenters. The Labute approximate surface area is 146 Å². The molecule has 0 atom stereocenters. The van der Waals surface area contributed by atoms with Crippen LogP contribution in [0.1, 0.15) is 0 Å². The second kappa shape index (κ2) is 7.97. The van der Waals surface area contributed by atoms with Crippen molar-refractivity contribution in [2.75, 3.05) is 13.2 Å². The maximum absolute atomic E-state index is 5.86. The maximum atomic E-state index is 5.86. The molecule has 0 spiro atoms. The summed E-state index contributed by atoms with van der Waals surface area (Å²) in [5.41, 5.74) is 1.46. The Morgan fingerprint density at radius 1 is 0.760 bits per heavy atom. The normalized spacial score (nSPS) is 10.2. The molecule has 0 saturated carbocycles. The van der Waals surface area contributed by atoms with Crippen LogP contribution in [0.15, 0.2) is 78.3 Å². The summed E-state index contributed by atoms with van der Waals surface area (Å²) in [6, 6.07) is 15.0. The third-order valence-electron chi connectivity index (χ3n) is 3.37. The number of benzene rings is 2. The first-order valence-corrected chi connectivity index (χ1v) is 7.83. The van der Waals surface area contributed by atoms with Gasteiger partial charge in [0.25, 0.3) is 11.8 Å². The van der Waals surface area contributed by atoms with Crippen LogP contribution in [-0.2, 0) is 0 Å². The summed E-state index contributed by atoms with van der Waals surface area (Å²) in [4.78, 5) is 0. The van der Waals surface area contributed by atoms with E-state index in [0.717, 1.165) is 11.1 Å². The van der Waals surface area contributed by atoms with E-state index in [9.17, 15) is 0 Å². The molecule has 0 aliphatic carbocycles. The zero-order valence-corrected chi connectivity index (χ0v) is 13.7. The fraction of sp³-hybridized carbons (Fsp3) is 0.100. The Morgan fingerprint density at radius 2 is 1.20 bits per heavy atom. The fourth-order valence-corrected chi connectivity index (χ4v) is 2.28. The number of rotatable bonds is 8. The van der Waals surface area contributed by atoms with Crippen LogP contribution in [0.4, 0.5) is 0 Å². The zero-order valence-electron chi connectivity index (χ0n) is 13.7. The van der Waals surface area contributed by atoms with Crippen molar-refractivity contribution in [3.8, 4) is 34.4 Å². The summed E-state index contributed by atoms with van der Waals surface area (Å²) in [5.74, 6) is 2.09. The van der Waals surface area contributed by atoms with E-state index in [-0.39, 0.29) is 0 Å². The lowest BCUT2D eigenvalue weighted by Gasteiger charge is -2.07. The van der Waals surface area contributed by atoms with Crippen molar-refractivity contribution in [2.45, 2.75) is 0 Å². The average molecular weight is 334 g/mol. The summed E-state index contributed by atoms with van der Waals surface area (Å²) in [6.45, 7) is 8.12. The van der Waals surface area contributed by atoms with Crippen LogP contribution in [0.25, 0.3) is 22.9 Å². The Bertz CT molecular complexity index is 801. The molecule has 1 aromatic heterocycles. The van der Waals surface area contributed by atoms with Crippen LogP contribution in [0.2, 0.25) is 0 Å². The van der Waals surface area contributed by atoms with Crippen LogP contribution in [-0.4, -0.2) is 23.4 Å². The van der Waals surface area contributed by atoms with Gasteiger partial charge in [-0.1, -0.05) is 49.6 Å². The predicted molar refractivity (Wildman–Crippen MR) is 96.6 cm³/mol. The second-order valence-electron chi connectivity index (χ2n) is 5.10. The first-order valence-electron chi connectivity index (χ1n) is 7.83. The third-order valence-corrected chi connectivity index (χ3v) is 3.37. The van der Waals surface area contributed by atoms with Gasteiger partial charge in [0.05, 0.1) is 11.1 Å².